The first-order valence-corrected chi connectivity index (χ1v) is 10.5. The second kappa shape index (κ2) is 13.2. The molecule has 0 saturated carbocycles. The Hall–Kier alpha value is -3.48. The van der Waals surface area contributed by atoms with E-state index >= 15 is 0 Å². The number of hydrogen-bond acceptors (Lipinski definition) is 7. The average molecular weight is 469 g/mol. The molecule has 0 bridgehead atoms. The van der Waals surface area contributed by atoms with E-state index in [0.717, 1.165) is 0 Å². The summed E-state index contributed by atoms with van der Waals surface area (Å²) in [5.41, 5.74) is 6.14. The van der Waals surface area contributed by atoms with Crippen LogP contribution in [0.4, 0.5) is 0 Å². The molecule has 1 heterocycles. The van der Waals surface area contributed by atoms with E-state index in [9.17, 15) is 29.1 Å². The maximum atomic E-state index is 13.0. The van der Waals surface area contributed by atoms with Crippen molar-refractivity contribution in [3.05, 3.63) is 18.2 Å². The summed E-state index contributed by atoms with van der Waals surface area (Å²) >= 11 is 0. The van der Waals surface area contributed by atoms with Crippen LogP contribution in [-0.2, 0) is 30.4 Å². The van der Waals surface area contributed by atoms with E-state index in [1.54, 1.807) is 13.8 Å². The third-order valence-corrected chi connectivity index (χ3v) is 5.08. The number of rotatable bonds is 14. The number of aliphatic carboxylic acids is 2. The standard InChI is InChI=1S/C20H32N6O7/c1-4-10(2)16(19(31)24-13(20(32)33)5-6-15(27)28)26-18(30)14(25-17(29)11(3)21)7-12-8-22-9-23-12/h8-11,13-14,16H,4-7,21H2,1-3H3,(H,22,23)(H,24,31)(H,25,29)(H,26,30)(H,27,28)(H,32,33). The third-order valence-electron chi connectivity index (χ3n) is 5.08. The van der Waals surface area contributed by atoms with Crippen LogP contribution in [0.25, 0.3) is 0 Å². The molecule has 5 atom stereocenters. The number of carboxylic acid groups (broad SMARTS) is 2. The van der Waals surface area contributed by atoms with E-state index in [1.165, 1.54) is 19.4 Å². The van der Waals surface area contributed by atoms with Gasteiger partial charge in [-0.1, -0.05) is 20.3 Å². The van der Waals surface area contributed by atoms with Crippen molar-refractivity contribution in [3.8, 4) is 0 Å². The smallest absolute Gasteiger partial charge is 0.326 e. The molecule has 13 heteroatoms. The predicted molar refractivity (Wildman–Crippen MR) is 116 cm³/mol. The van der Waals surface area contributed by atoms with Gasteiger partial charge in [-0.25, -0.2) is 9.78 Å². The monoisotopic (exact) mass is 468 g/mol. The minimum Gasteiger partial charge on any atom is -0.481 e. The summed E-state index contributed by atoms with van der Waals surface area (Å²) in [5, 5.41) is 25.5. The number of aromatic nitrogens is 2. The Kier molecular flexibility index (Phi) is 11.0. The largest absolute Gasteiger partial charge is 0.481 e. The van der Waals surface area contributed by atoms with Gasteiger partial charge in [-0.3, -0.25) is 19.2 Å². The molecule has 0 fully saturated rings. The number of amides is 3. The van der Waals surface area contributed by atoms with Crippen molar-refractivity contribution in [1.82, 2.24) is 25.9 Å². The van der Waals surface area contributed by atoms with E-state index in [-0.39, 0.29) is 18.8 Å². The van der Waals surface area contributed by atoms with E-state index in [2.05, 4.69) is 25.9 Å². The molecule has 0 aliphatic heterocycles. The van der Waals surface area contributed by atoms with Crippen LogP contribution in [0.3, 0.4) is 0 Å². The summed E-state index contributed by atoms with van der Waals surface area (Å²) in [6, 6.07) is -4.51. The van der Waals surface area contributed by atoms with E-state index in [0.29, 0.717) is 12.1 Å². The molecule has 13 nitrogen and oxygen atoms in total. The quantitative estimate of drug-likeness (QED) is 0.173. The first-order valence-electron chi connectivity index (χ1n) is 10.5. The number of nitrogens with zero attached hydrogens (tertiary/aromatic N) is 1. The Morgan fingerprint density at radius 3 is 2.15 bits per heavy atom. The molecule has 0 radical (unpaired) electrons. The molecule has 1 rings (SSSR count). The van der Waals surface area contributed by atoms with Crippen molar-refractivity contribution < 1.29 is 34.2 Å². The minimum atomic E-state index is -1.43. The van der Waals surface area contributed by atoms with Gasteiger partial charge in [0, 0.05) is 24.7 Å². The van der Waals surface area contributed by atoms with Crippen LogP contribution >= 0.6 is 0 Å². The maximum absolute atomic E-state index is 13.0. The van der Waals surface area contributed by atoms with Crippen LogP contribution in [0.1, 0.15) is 45.7 Å². The maximum Gasteiger partial charge on any atom is 0.326 e. The van der Waals surface area contributed by atoms with Crippen LogP contribution in [0.15, 0.2) is 12.5 Å². The Morgan fingerprint density at radius 2 is 1.67 bits per heavy atom. The van der Waals surface area contributed by atoms with Crippen molar-refractivity contribution in [3.63, 3.8) is 0 Å². The van der Waals surface area contributed by atoms with Crippen LogP contribution in [0.2, 0.25) is 0 Å². The van der Waals surface area contributed by atoms with Gasteiger partial charge >= 0.3 is 11.9 Å². The highest BCUT2D eigenvalue weighted by atomic mass is 16.4. The van der Waals surface area contributed by atoms with Crippen molar-refractivity contribution in [2.75, 3.05) is 0 Å². The van der Waals surface area contributed by atoms with Crippen molar-refractivity contribution in [2.45, 2.75) is 70.6 Å². The predicted octanol–water partition coefficient (Wildman–Crippen LogP) is -1.25. The lowest BCUT2D eigenvalue weighted by Crippen LogP contribution is -2.59. The first-order chi connectivity index (χ1) is 15.5. The molecule has 0 aliphatic rings. The molecule has 3 amide bonds. The lowest BCUT2D eigenvalue weighted by molar-refractivity contribution is -0.143. The molecule has 5 unspecified atom stereocenters. The molecule has 0 aliphatic carbocycles. The van der Waals surface area contributed by atoms with Gasteiger partial charge in [0.15, 0.2) is 0 Å². The van der Waals surface area contributed by atoms with Crippen LogP contribution in [0.5, 0.6) is 0 Å². The van der Waals surface area contributed by atoms with Gasteiger partial charge in [-0.2, -0.15) is 0 Å². The summed E-state index contributed by atoms with van der Waals surface area (Å²) in [6.07, 6.45) is 2.66. The number of carboxylic acids is 2. The molecular formula is C20H32N6O7. The average Bonchev–Trinajstić information content (AvgIpc) is 3.26. The zero-order valence-corrected chi connectivity index (χ0v) is 18.8. The van der Waals surface area contributed by atoms with Gasteiger partial charge in [-0.15, -0.1) is 0 Å². The summed E-state index contributed by atoms with van der Waals surface area (Å²) in [6.45, 7) is 4.94. The molecule has 0 saturated heterocycles. The van der Waals surface area contributed by atoms with Gasteiger partial charge in [0.25, 0.3) is 0 Å². The number of carbonyl (C=O) groups is 5. The second-order valence-corrected chi connectivity index (χ2v) is 7.83. The van der Waals surface area contributed by atoms with Gasteiger partial charge in [0.05, 0.1) is 12.4 Å². The van der Waals surface area contributed by atoms with Crippen molar-refractivity contribution >= 4 is 29.7 Å². The van der Waals surface area contributed by atoms with Crippen LogP contribution in [0, 0.1) is 5.92 Å². The first kappa shape index (κ1) is 27.6. The number of H-pyrrole nitrogens is 1. The third kappa shape index (κ3) is 9.27. The number of aromatic amines is 1. The van der Waals surface area contributed by atoms with Crippen LogP contribution < -0.4 is 21.7 Å². The highest BCUT2D eigenvalue weighted by Crippen LogP contribution is 2.11. The lowest BCUT2D eigenvalue weighted by atomic mass is 9.97. The van der Waals surface area contributed by atoms with E-state index < -0.39 is 60.2 Å². The fourth-order valence-corrected chi connectivity index (χ4v) is 2.87. The van der Waals surface area contributed by atoms with E-state index in [1.807, 2.05) is 0 Å². The zero-order chi connectivity index (χ0) is 25.1. The second-order valence-electron chi connectivity index (χ2n) is 7.83. The van der Waals surface area contributed by atoms with Gasteiger partial charge in [0.2, 0.25) is 17.7 Å². The SMILES string of the molecule is CCC(C)C(NC(=O)C(Cc1cnc[nH]1)NC(=O)C(C)N)C(=O)NC(CCC(=O)O)C(=O)O. The lowest BCUT2D eigenvalue weighted by Gasteiger charge is -2.27. The number of carbonyl (C=O) groups excluding carboxylic acids is 3. The molecule has 184 valence electrons. The molecule has 1 aromatic rings. The molecule has 0 aromatic carbocycles. The van der Waals surface area contributed by atoms with Gasteiger partial charge < -0.3 is 36.9 Å². The number of imidazole rings is 1. The fraction of sp³-hybridized carbons (Fsp3) is 0.600. The van der Waals surface area contributed by atoms with Crippen molar-refractivity contribution in [1.29, 1.82) is 0 Å². The Bertz CT molecular complexity index is 827. The fourth-order valence-electron chi connectivity index (χ4n) is 2.87. The number of hydrogen-bond donors (Lipinski definition) is 7. The molecule has 8 N–H and O–H groups in total. The van der Waals surface area contributed by atoms with Gasteiger partial charge in [-0.05, 0) is 19.3 Å². The molecule has 33 heavy (non-hydrogen) atoms. The Labute approximate surface area is 190 Å². The minimum absolute atomic E-state index is 0.0511. The van der Waals surface area contributed by atoms with Crippen LogP contribution in [-0.4, -0.2) is 74.0 Å². The topological polar surface area (TPSA) is 217 Å². The molecule has 1 aromatic heterocycles. The molecular weight excluding hydrogens is 436 g/mol. The summed E-state index contributed by atoms with van der Waals surface area (Å²) in [5.74, 6) is -4.99. The zero-order valence-electron chi connectivity index (χ0n) is 18.8. The number of nitrogens with two attached hydrogens (primary N) is 1. The molecule has 0 spiro atoms. The highest BCUT2D eigenvalue weighted by molar-refractivity contribution is 5.94. The van der Waals surface area contributed by atoms with Crippen molar-refractivity contribution in [2.24, 2.45) is 11.7 Å². The Balaban J connectivity index is 3.02. The number of nitrogens with one attached hydrogen (secondary N) is 4. The Morgan fingerprint density at radius 1 is 1.03 bits per heavy atom. The summed E-state index contributed by atoms with van der Waals surface area (Å²) in [7, 11) is 0. The van der Waals surface area contributed by atoms with E-state index in [4.69, 9.17) is 10.8 Å². The normalized spacial score (nSPS) is 15.4. The summed E-state index contributed by atoms with van der Waals surface area (Å²) < 4.78 is 0. The van der Waals surface area contributed by atoms with Gasteiger partial charge in [0.1, 0.15) is 18.1 Å². The highest BCUT2D eigenvalue weighted by Gasteiger charge is 2.32. The summed E-state index contributed by atoms with van der Waals surface area (Å²) in [4.78, 5) is 66.9.